The van der Waals surface area contributed by atoms with Crippen LogP contribution >= 0.6 is 45.2 Å². The van der Waals surface area contributed by atoms with Gasteiger partial charge in [-0.1, -0.05) is 75.5 Å². The van der Waals surface area contributed by atoms with Crippen LogP contribution in [-0.2, 0) is 11.3 Å². The smallest absolute Gasteiger partial charge is 0.0720 e. The van der Waals surface area contributed by atoms with Crippen molar-refractivity contribution in [2.45, 2.75) is 25.6 Å². The highest BCUT2D eigenvalue weighted by atomic mass is 127. The Balaban J connectivity index is 1.95. The van der Waals surface area contributed by atoms with E-state index >= 15 is 0 Å². The van der Waals surface area contributed by atoms with Crippen LogP contribution in [0.15, 0.2) is 30.3 Å². The van der Waals surface area contributed by atoms with Crippen LogP contribution < -0.4 is 0 Å². The van der Waals surface area contributed by atoms with E-state index in [9.17, 15) is 0 Å². The molecular formula is C13H16I2O. The molecule has 16 heavy (non-hydrogen) atoms. The molecule has 0 spiro atoms. The molecule has 0 bridgehead atoms. The summed E-state index contributed by atoms with van der Waals surface area (Å²) in [5.41, 5.74) is 0.114. The zero-order chi connectivity index (χ0) is 15.0. The summed E-state index contributed by atoms with van der Waals surface area (Å²) in [7, 11) is 0. The second-order valence-corrected chi connectivity index (χ2v) is 5.18. The standard InChI is InChI=1S/C13H16I2O/c14-9-13(10-15)6-12(7-13)16-8-11-4-2-1-3-5-11/h1-5,12H,6-10H2/i9D2,10D2. The lowest BCUT2D eigenvalue weighted by atomic mass is 9.70. The minimum atomic E-state index is -1.58. The van der Waals surface area contributed by atoms with Gasteiger partial charge in [-0.2, -0.15) is 0 Å². The Morgan fingerprint density at radius 2 is 1.88 bits per heavy atom. The van der Waals surface area contributed by atoms with E-state index in [4.69, 9.17) is 10.2 Å². The van der Waals surface area contributed by atoms with Gasteiger partial charge >= 0.3 is 0 Å². The first-order valence-electron chi connectivity index (χ1n) is 7.19. The molecule has 0 aliphatic heterocycles. The molecule has 1 fully saturated rings. The highest BCUT2D eigenvalue weighted by Gasteiger charge is 2.43. The predicted molar refractivity (Wildman–Crippen MR) is 84.5 cm³/mol. The van der Waals surface area contributed by atoms with Crippen LogP contribution in [0.1, 0.15) is 23.9 Å². The van der Waals surface area contributed by atoms with E-state index in [-0.39, 0.29) is 6.10 Å². The molecule has 0 amide bonds. The Bertz CT molecular complexity index is 434. The van der Waals surface area contributed by atoms with Gasteiger partial charge in [0, 0.05) is 14.2 Å². The third-order valence-corrected chi connectivity index (χ3v) is 4.91. The first-order chi connectivity index (χ1) is 9.16. The molecule has 2 rings (SSSR count). The summed E-state index contributed by atoms with van der Waals surface area (Å²) in [4.78, 5) is 0. The average Bonchev–Trinajstić information content (AvgIpc) is 2.24. The lowest BCUT2D eigenvalue weighted by molar-refractivity contribution is -0.0671. The zero-order valence-corrected chi connectivity index (χ0v) is 13.1. The molecule has 3 heteroatoms. The Morgan fingerprint density at radius 1 is 1.25 bits per heavy atom. The molecule has 1 aromatic rings. The quantitative estimate of drug-likeness (QED) is 0.487. The highest BCUT2D eigenvalue weighted by molar-refractivity contribution is 14.1. The summed E-state index contributed by atoms with van der Waals surface area (Å²) in [6.45, 7) is 0.496. The van der Waals surface area contributed by atoms with E-state index in [2.05, 4.69) is 0 Å². The molecule has 1 saturated carbocycles. The lowest BCUT2D eigenvalue weighted by Crippen LogP contribution is -2.44. The third kappa shape index (κ3) is 3.10. The van der Waals surface area contributed by atoms with Crippen molar-refractivity contribution in [3.8, 4) is 0 Å². The maximum atomic E-state index is 7.93. The molecular weight excluding hydrogens is 426 g/mol. The SMILES string of the molecule is [2H]C([2H])(I)C1(C([2H])([2H])I)CC(OCc2ccccc2)C1. The molecule has 0 N–H and O–H groups in total. The van der Waals surface area contributed by atoms with Crippen molar-refractivity contribution >= 4 is 45.2 Å². The minimum absolute atomic E-state index is 0.0649. The van der Waals surface area contributed by atoms with E-state index in [0.717, 1.165) is 5.56 Å². The normalized spacial score (nSPS) is 24.9. The Hall–Kier alpha value is 0.640. The van der Waals surface area contributed by atoms with Gasteiger partial charge in [0.2, 0.25) is 0 Å². The zero-order valence-electron chi connectivity index (χ0n) is 12.7. The van der Waals surface area contributed by atoms with Gasteiger partial charge in [-0.05, 0) is 23.8 Å². The summed E-state index contributed by atoms with van der Waals surface area (Å²) in [6, 6.07) is 9.84. The highest BCUT2D eigenvalue weighted by Crippen LogP contribution is 2.45. The molecule has 1 aliphatic rings. The van der Waals surface area contributed by atoms with Crippen LogP contribution in [0.25, 0.3) is 0 Å². The van der Waals surface area contributed by atoms with Crippen LogP contribution in [0.5, 0.6) is 0 Å². The van der Waals surface area contributed by atoms with Gasteiger partial charge < -0.3 is 4.74 Å². The van der Waals surface area contributed by atoms with E-state index in [1.54, 1.807) is 45.2 Å². The summed E-state index contributed by atoms with van der Waals surface area (Å²) in [5.74, 6) is 0. The van der Waals surface area contributed by atoms with Gasteiger partial charge in [0.25, 0.3) is 0 Å². The second-order valence-electron chi connectivity index (χ2n) is 4.10. The summed E-state index contributed by atoms with van der Waals surface area (Å²) in [6.07, 6.45) is 0.780. The number of hydrogen-bond acceptors (Lipinski definition) is 1. The Morgan fingerprint density at radius 3 is 2.44 bits per heavy atom. The fourth-order valence-corrected chi connectivity index (χ4v) is 3.46. The monoisotopic (exact) mass is 446 g/mol. The first-order valence-corrected chi connectivity index (χ1v) is 7.35. The molecule has 0 radical (unpaired) electrons. The molecule has 1 aromatic carbocycles. The molecule has 0 unspecified atom stereocenters. The molecule has 1 nitrogen and oxygen atoms in total. The second kappa shape index (κ2) is 6.00. The molecule has 1 aliphatic carbocycles. The van der Waals surface area contributed by atoms with Crippen molar-refractivity contribution in [1.29, 1.82) is 0 Å². The average molecular weight is 446 g/mol. The van der Waals surface area contributed by atoms with Crippen molar-refractivity contribution in [3.05, 3.63) is 35.9 Å². The van der Waals surface area contributed by atoms with Crippen molar-refractivity contribution in [3.63, 3.8) is 0 Å². The van der Waals surface area contributed by atoms with Gasteiger partial charge in [-0.25, -0.2) is 0 Å². The molecule has 0 heterocycles. The number of halogens is 2. The third-order valence-electron chi connectivity index (χ3n) is 2.84. The maximum Gasteiger partial charge on any atom is 0.0720 e. The van der Waals surface area contributed by atoms with Crippen LogP contribution in [0.4, 0.5) is 0 Å². The van der Waals surface area contributed by atoms with Crippen molar-refractivity contribution in [2.24, 2.45) is 5.41 Å². The predicted octanol–water partition coefficient (Wildman–Crippen LogP) is 4.22. The molecule has 88 valence electrons. The molecule has 0 saturated heterocycles. The number of rotatable bonds is 5. The van der Waals surface area contributed by atoms with Crippen molar-refractivity contribution in [2.75, 3.05) is 8.76 Å². The van der Waals surface area contributed by atoms with Gasteiger partial charge in [0.1, 0.15) is 0 Å². The van der Waals surface area contributed by atoms with Crippen LogP contribution in [0.3, 0.4) is 0 Å². The molecule has 0 aromatic heterocycles. The van der Waals surface area contributed by atoms with E-state index < -0.39 is 14.2 Å². The Kier molecular flexibility index (Phi) is 3.26. The van der Waals surface area contributed by atoms with E-state index in [1.807, 2.05) is 30.3 Å². The van der Waals surface area contributed by atoms with Crippen LogP contribution in [0.2, 0.25) is 0 Å². The number of alkyl halides is 2. The topological polar surface area (TPSA) is 9.23 Å². The van der Waals surface area contributed by atoms with Gasteiger partial charge in [0.15, 0.2) is 0 Å². The van der Waals surface area contributed by atoms with Gasteiger partial charge in [-0.15, -0.1) is 0 Å². The van der Waals surface area contributed by atoms with Gasteiger partial charge in [-0.3, -0.25) is 0 Å². The van der Waals surface area contributed by atoms with Crippen molar-refractivity contribution in [1.82, 2.24) is 0 Å². The van der Waals surface area contributed by atoms with Crippen LogP contribution in [-0.4, -0.2) is 14.9 Å². The fraction of sp³-hybridized carbons (Fsp3) is 0.538. The number of ether oxygens (including phenoxy) is 1. The van der Waals surface area contributed by atoms with E-state index in [1.165, 1.54) is 0 Å². The van der Waals surface area contributed by atoms with Gasteiger partial charge in [0.05, 0.1) is 12.7 Å². The van der Waals surface area contributed by atoms with Crippen molar-refractivity contribution < 1.29 is 10.2 Å². The summed E-state index contributed by atoms with van der Waals surface area (Å²) in [5, 5.41) is 0. The maximum absolute atomic E-state index is 7.93. The Labute approximate surface area is 130 Å². The summed E-state index contributed by atoms with van der Waals surface area (Å²) < 4.78 is 34.3. The first kappa shape index (κ1) is 8.69. The van der Waals surface area contributed by atoms with E-state index in [0.29, 0.717) is 19.4 Å². The molecule has 0 atom stereocenters. The minimum Gasteiger partial charge on any atom is -0.373 e. The van der Waals surface area contributed by atoms with Crippen LogP contribution in [0, 0.1) is 5.41 Å². The summed E-state index contributed by atoms with van der Waals surface area (Å²) >= 11 is 3.43. The number of hydrogen-bond donors (Lipinski definition) is 0. The largest absolute Gasteiger partial charge is 0.373 e. The lowest BCUT2D eigenvalue weighted by Gasteiger charge is -2.45. The fourth-order valence-electron chi connectivity index (χ4n) is 1.80. The number of benzene rings is 1.